The van der Waals surface area contributed by atoms with Crippen LogP contribution in [0.5, 0.6) is 0 Å². The van der Waals surface area contributed by atoms with Crippen LogP contribution in [0.25, 0.3) is 10.6 Å². The van der Waals surface area contributed by atoms with Crippen LogP contribution in [-0.4, -0.2) is 0 Å². The average Bonchev–Trinajstić information content (AvgIpc) is 2.72. The fourth-order valence-corrected chi connectivity index (χ4v) is 2.31. The largest absolute Gasteiger partial charge is 2.00 e. The zero-order chi connectivity index (χ0) is 17.9. The van der Waals surface area contributed by atoms with E-state index in [0.29, 0.717) is 0 Å². The van der Waals surface area contributed by atoms with Crippen molar-refractivity contribution in [1.82, 2.24) is 0 Å². The Hall–Kier alpha value is -3.00. The summed E-state index contributed by atoms with van der Waals surface area (Å²) < 4.78 is 0. The topological polar surface area (TPSA) is 28.2 Å². The molecule has 0 amide bonds. The van der Waals surface area contributed by atoms with Gasteiger partial charge in [-0.1, -0.05) is 121 Å². The summed E-state index contributed by atoms with van der Waals surface area (Å²) in [5.41, 5.74) is 3.98. The summed E-state index contributed by atoms with van der Waals surface area (Å²) in [7, 11) is 0. The maximum absolute atomic E-state index is 4.44. The van der Waals surface area contributed by atoms with E-state index in [1.54, 1.807) is 0 Å². The zero-order valence-corrected chi connectivity index (χ0v) is 15.7. The Morgan fingerprint density at radius 2 is 0.481 bits per heavy atom. The molecule has 4 rings (SSSR count). The number of benzene rings is 4. The van der Waals surface area contributed by atoms with E-state index in [-0.39, 0.29) is 17.1 Å². The molecule has 2 nitrogen and oxygen atoms in total. The molecule has 0 unspecified atom stereocenters. The van der Waals surface area contributed by atoms with E-state index < -0.39 is 0 Å². The molecule has 0 spiro atoms. The third-order valence-corrected chi connectivity index (χ3v) is 3.54. The third kappa shape index (κ3) is 7.41. The summed E-state index contributed by atoms with van der Waals surface area (Å²) in [5, 5.41) is 8.88. The molecule has 0 aliphatic rings. The monoisotopic (exact) mass is 399 g/mol. The Bertz CT molecular complexity index is 715. The predicted molar refractivity (Wildman–Crippen MR) is 111 cm³/mol. The Kier molecular flexibility index (Phi) is 8.71. The predicted octanol–water partition coefficient (Wildman–Crippen LogP) is 8.04. The maximum atomic E-state index is 4.44. The first-order valence-corrected chi connectivity index (χ1v) is 8.54. The Morgan fingerprint density at radius 1 is 0.296 bits per heavy atom. The normalized spacial score (nSPS) is 9.19. The number of rotatable bonds is 4. The second-order valence-electron chi connectivity index (χ2n) is 5.57. The summed E-state index contributed by atoms with van der Waals surface area (Å²) in [5.74, 6) is 0. The molecule has 27 heavy (non-hydrogen) atoms. The fraction of sp³-hybridized carbons (Fsp3) is 0. The zero-order valence-electron chi connectivity index (χ0n) is 14.7. The van der Waals surface area contributed by atoms with Gasteiger partial charge >= 0.3 is 17.1 Å². The molecule has 3 heteroatoms. The summed E-state index contributed by atoms with van der Waals surface area (Å²) in [6.45, 7) is 0. The van der Waals surface area contributed by atoms with Gasteiger partial charge in [-0.2, -0.15) is 0 Å². The van der Waals surface area contributed by atoms with E-state index >= 15 is 0 Å². The van der Waals surface area contributed by atoms with Gasteiger partial charge in [0.25, 0.3) is 0 Å². The molecule has 4 aromatic carbocycles. The number of nitrogens with zero attached hydrogens (tertiary/aromatic N) is 2. The molecular weight excluding hydrogens is 380 g/mol. The van der Waals surface area contributed by atoms with Crippen molar-refractivity contribution in [2.45, 2.75) is 0 Å². The minimum Gasteiger partial charge on any atom is -0.658 e. The molecule has 0 saturated carbocycles. The molecule has 0 bridgehead atoms. The van der Waals surface area contributed by atoms with Crippen LogP contribution in [-0.2, 0) is 17.1 Å². The van der Waals surface area contributed by atoms with Crippen molar-refractivity contribution in [2.24, 2.45) is 0 Å². The van der Waals surface area contributed by atoms with Crippen molar-refractivity contribution in [2.75, 3.05) is 0 Å². The van der Waals surface area contributed by atoms with Crippen molar-refractivity contribution in [1.29, 1.82) is 0 Å². The molecule has 0 N–H and O–H groups in total. The Balaban J connectivity index is 0.000000187. The first-order valence-electron chi connectivity index (χ1n) is 8.54. The standard InChI is InChI=1S/2C12H10N.Cu/c2*1-3-7-11(8-4-1)13-12-9-5-2-6-10-12;/h2*1-10H;/q2*-1;+2. The van der Waals surface area contributed by atoms with E-state index in [4.69, 9.17) is 0 Å². The minimum absolute atomic E-state index is 0. The van der Waals surface area contributed by atoms with Gasteiger partial charge in [0.1, 0.15) is 0 Å². The SMILES string of the molecule is [Cu+2].c1ccc([N-]c2ccccc2)cc1.c1ccc([N-]c2ccccc2)cc1. The van der Waals surface area contributed by atoms with Crippen molar-refractivity contribution >= 4 is 22.7 Å². The molecule has 0 fully saturated rings. The fourth-order valence-electron chi connectivity index (χ4n) is 2.31. The Labute approximate surface area is 171 Å². The third-order valence-electron chi connectivity index (χ3n) is 3.54. The van der Waals surface area contributed by atoms with E-state index in [2.05, 4.69) is 10.6 Å². The quantitative estimate of drug-likeness (QED) is 0.310. The molecular formula is C24H20CuN2. The molecule has 0 aliphatic carbocycles. The van der Waals surface area contributed by atoms with Crippen molar-refractivity contribution in [3.05, 3.63) is 132 Å². The summed E-state index contributed by atoms with van der Waals surface area (Å²) in [4.78, 5) is 0. The summed E-state index contributed by atoms with van der Waals surface area (Å²) in [6, 6.07) is 39.8. The number of hydrogen-bond donors (Lipinski definition) is 0. The van der Waals surface area contributed by atoms with Crippen LogP contribution in [0.1, 0.15) is 0 Å². The van der Waals surface area contributed by atoms with Crippen LogP contribution < -0.4 is 0 Å². The molecule has 1 radical (unpaired) electrons. The molecule has 4 aromatic rings. The average molecular weight is 400 g/mol. The first-order chi connectivity index (χ1) is 12.9. The number of hydrogen-bond acceptors (Lipinski definition) is 0. The van der Waals surface area contributed by atoms with Gasteiger partial charge in [-0.05, 0) is 0 Å². The van der Waals surface area contributed by atoms with E-state index in [0.717, 1.165) is 22.7 Å². The van der Waals surface area contributed by atoms with Gasteiger partial charge in [-0.25, -0.2) is 0 Å². The van der Waals surface area contributed by atoms with Crippen LogP contribution in [0.15, 0.2) is 121 Å². The second kappa shape index (κ2) is 11.6. The molecule has 0 saturated heterocycles. The molecule has 0 aliphatic heterocycles. The van der Waals surface area contributed by atoms with Gasteiger partial charge in [0, 0.05) is 0 Å². The first kappa shape index (κ1) is 20.3. The molecule has 137 valence electrons. The van der Waals surface area contributed by atoms with Crippen LogP contribution in [0, 0.1) is 0 Å². The Morgan fingerprint density at radius 3 is 0.667 bits per heavy atom. The van der Waals surface area contributed by atoms with E-state index in [9.17, 15) is 0 Å². The van der Waals surface area contributed by atoms with Crippen LogP contribution in [0.3, 0.4) is 0 Å². The minimum atomic E-state index is 0. The smallest absolute Gasteiger partial charge is 0.658 e. The van der Waals surface area contributed by atoms with Crippen molar-refractivity contribution in [3.63, 3.8) is 0 Å². The summed E-state index contributed by atoms with van der Waals surface area (Å²) >= 11 is 0. The van der Waals surface area contributed by atoms with Gasteiger partial charge in [-0.15, -0.1) is 22.7 Å². The van der Waals surface area contributed by atoms with Crippen molar-refractivity contribution in [3.8, 4) is 0 Å². The molecule has 0 atom stereocenters. The van der Waals surface area contributed by atoms with Gasteiger partial charge in [0.05, 0.1) is 0 Å². The van der Waals surface area contributed by atoms with Gasteiger partial charge < -0.3 is 10.6 Å². The van der Waals surface area contributed by atoms with Gasteiger partial charge in [-0.3, -0.25) is 0 Å². The molecule has 0 heterocycles. The van der Waals surface area contributed by atoms with Crippen LogP contribution >= 0.6 is 0 Å². The van der Waals surface area contributed by atoms with Gasteiger partial charge in [0.2, 0.25) is 0 Å². The van der Waals surface area contributed by atoms with Crippen LogP contribution in [0.4, 0.5) is 22.7 Å². The summed E-state index contributed by atoms with van der Waals surface area (Å²) in [6.07, 6.45) is 0. The maximum Gasteiger partial charge on any atom is 2.00 e. The van der Waals surface area contributed by atoms with Crippen molar-refractivity contribution < 1.29 is 17.1 Å². The molecule has 0 aromatic heterocycles. The second-order valence-corrected chi connectivity index (χ2v) is 5.57. The number of para-hydroxylation sites is 4. The van der Waals surface area contributed by atoms with Crippen LogP contribution in [0.2, 0.25) is 0 Å². The van der Waals surface area contributed by atoms with Gasteiger partial charge in [0.15, 0.2) is 0 Å². The van der Waals surface area contributed by atoms with E-state index in [1.165, 1.54) is 0 Å². The van der Waals surface area contributed by atoms with E-state index in [1.807, 2.05) is 121 Å².